The van der Waals surface area contributed by atoms with Gasteiger partial charge in [-0.1, -0.05) is 61.7 Å². The molecule has 0 unspecified atom stereocenters. The molecule has 5 nitrogen and oxygen atoms in total. The molecular weight excluding hydrogens is 386 g/mol. The Labute approximate surface area is 181 Å². The van der Waals surface area contributed by atoms with Gasteiger partial charge in [0.2, 0.25) is 5.43 Å². The van der Waals surface area contributed by atoms with Crippen molar-refractivity contribution in [1.82, 2.24) is 14.1 Å². The first-order valence-corrected chi connectivity index (χ1v) is 11.2. The van der Waals surface area contributed by atoms with Gasteiger partial charge in [0.05, 0.1) is 5.52 Å². The van der Waals surface area contributed by atoms with Gasteiger partial charge in [0.1, 0.15) is 11.2 Å². The van der Waals surface area contributed by atoms with Crippen molar-refractivity contribution in [2.45, 2.75) is 51.0 Å². The largest absolute Gasteiger partial charge is 0.328 e. The molecule has 31 heavy (non-hydrogen) atoms. The van der Waals surface area contributed by atoms with Crippen LogP contribution in [-0.4, -0.2) is 14.1 Å². The maximum absolute atomic E-state index is 13.7. The number of para-hydroxylation sites is 1. The Bertz CT molecular complexity index is 1360. The van der Waals surface area contributed by atoms with E-state index in [-0.39, 0.29) is 22.3 Å². The predicted octanol–water partition coefficient (Wildman–Crippen LogP) is 4.54. The Morgan fingerprint density at radius 2 is 1.65 bits per heavy atom. The molecule has 0 spiro atoms. The monoisotopic (exact) mass is 413 g/mol. The lowest BCUT2D eigenvalue weighted by Crippen LogP contribution is -2.32. The highest BCUT2D eigenvalue weighted by Gasteiger charge is 2.24. The molecule has 0 aliphatic heterocycles. The van der Waals surface area contributed by atoms with Crippen molar-refractivity contribution < 1.29 is 0 Å². The van der Waals surface area contributed by atoms with Crippen molar-refractivity contribution in [3.8, 4) is 0 Å². The SMILES string of the molecule is Cn1c2ccccc2c(=O)c2c(=O)n(CCc3ccccc3)c(C3CCCCC3)nc21. The van der Waals surface area contributed by atoms with E-state index in [1.165, 1.54) is 12.0 Å². The number of hydrogen-bond donors (Lipinski definition) is 0. The van der Waals surface area contributed by atoms with Gasteiger partial charge in [-0.15, -0.1) is 0 Å². The van der Waals surface area contributed by atoms with Crippen LogP contribution in [0.1, 0.15) is 49.4 Å². The molecule has 1 saturated carbocycles. The first kappa shape index (κ1) is 19.7. The van der Waals surface area contributed by atoms with Crippen LogP contribution >= 0.6 is 0 Å². The quantitative estimate of drug-likeness (QED) is 0.462. The third-order valence-electron chi connectivity index (χ3n) is 6.67. The van der Waals surface area contributed by atoms with E-state index >= 15 is 0 Å². The smallest absolute Gasteiger partial charge is 0.267 e. The van der Waals surface area contributed by atoms with Crippen LogP contribution in [0.3, 0.4) is 0 Å². The third kappa shape index (κ3) is 3.48. The summed E-state index contributed by atoms with van der Waals surface area (Å²) in [5, 5.41) is 0.769. The lowest BCUT2D eigenvalue weighted by atomic mass is 9.88. The van der Waals surface area contributed by atoms with Crippen LogP contribution in [0.25, 0.3) is 21.9 Å². The summed E-state index contributed by atoms with van der Waals surface area (Å²) in [7, 11) is 1.90. The normalized spacial score (nSPS) is 15.0. The summed E-state index contributed by atoms with van der Waals surface area (Å²) in [5.74, 6) is 1.11. The maximum Gasteiger partial charge on any atom is 0.267 e. The standard InChI is InChI=1S/C26H27N3O2/c1-28-21-15-9-8-14-20(21)23(30)22-25(28)27-24(19-12-6-3-7-13-19)29(26(22)31)17-16-18-10-4-2-5-11-18/h2,4-5,8-11,14-15,19H,3,6-7,12-13,16-17H2,1H3. The van der Waals surface area contributed by atoms with Gasteiger partial charge < -0.3 is 4.57 Å². The summed E-state index contributed by atoms with van der Waals surface area (Å²) in [6.45, 7) is 0.535. The van der Waals surface area contributed by atoms with E-state index in [4.69, 9.17) is 4.98 Å². The number of rotatable bonds is 4. The molecule has 0 atom stereocenters. The molecule has 2 aromatic heterocycles. The molecule has 1 aliphatic carbocycles. The number of benzene rings is 2. The second-order valence-corrected chi connectivity index (χ2v) is 8.60. The molecule has 0 N–H and O–H groups in total. The molecule has 0 amide bonds. The number of aryl methyl sites for hydroxylation is 2. The van der Waals surface area contributed by atoms with E-state index < -0.39 is 0 Å². The highest BCUT2D eigenvalue weighted by Crippen LogP contribution is 2.32. The van der Waals surface area contributed by atoms with Gasteiger partial charge in [-0.25, -0.2) is 4.98 Å². The molecule has 4 aromatic rings. The minimum Gasteiger partial charge on any atom is -0.328 e. The van der Waals surface area contributed by atoms with E-state index in [0.717, 1.165) is 43.4 Å². The first-order chi connectivity index (χ1) is 15.1. The van der Waals surface area contributed by atoms with Gasteiger partial charge in [0.15, 0.2) is 5.65 Å². The van der Waals surface area contributed by atoms with Crippen LogP contribution in [0.15, 0.2) is 64.2 Å². The molecule has 1 fully saturated rings. The summed E-state index contributed by atoms with van der Waals surface area (Å²) in [5.41, 5.74) is 2.07. The highest BCUT2D eigenvalue weighted by molar-refractivity contribution is 5.91. The van der Waals surface area contributed by atoms with Crippen molar-refractivity contribution >= 4 is 21.9 Å². The second-order valence-electron chi connectivity index (χ2n) is 8.60. The number of hydrogen-bond acceptors (Lipinski definition) is 3. The van der Waals surface area contributed by atoms with Crippen molar-refractivity contribution in [2.24, 2.45) is 7.05 Å². The molecule has 5 heteroatoms. The summed E-state index contributed by atoms with van der Waals surface area (Å²) in [4.78, 5) is 32.1. The Balaban J connectivity index is 1.75. The van der Waals surface area contributed by atoms with E-state index in [1.807, 2.05) is 48.0 Å². The van der Waals surface area contributed by atoms with Crippen LogP contribution in [0.5, 0.6) is 0 Å². The van der Waals surface area contributed by atoms with Crippen LogP contribution < -0.4 is 11.0 Å². The predicted molar refractivity (Wildman–Crippen MR) is 125 cm³/mol. The number of fused-ring (bicyclic) bond motifs is 2. The van der Waals surface area contributed by atoms with Gasteiger partial charge in [-0.2, -0.15) is 0 Å². The van der Waals surface area contributed by atoms with Gasteiger partial charge in [0, 0.05) is 24.9 Å². The zero-order valence-corrected chi connectivity index (χ0v) is 17.9. The Kier molecular flexibility index (Phi) is 5.18. The molecule has 2 aromatic carbocycles. The Morgan fingerprint density at radius 1 is 0.935 bits per heavy atom. The van der Waals surface area contributed by atoms with Crippen LogP contribution in [-0.2, 0) is 20.0 Å². The number of nitrogens with zero attached hydrogens (tertiary/aromatic N) is 3. The van der Waals surface area contributed by atoms with Crippen LogP contribution in [0.4, 0.5) is 0 Å². The van der Waals surface area contributed by atoms with E-state index in [1.54, 1.807) is 10.6 Å². The fraction of sp³-hybridized carbons (Fsp3) is 0.346. The average molecular weight is 414 g/mol. The summed E-state index contributed by atoms with van der Waals surface area (Å²) < 4.78 is 3.70. The van der Waals surface area contributed by atoms with E-state index in [9.17, 15) is 9.59 Å². The zero-order chi connectivity index (χ0) is 21.4. The van der Waals surface area contributed by atoms with Gasteiger partial charge in [-0.3, -0.25) is 14.2 Å². The average Bonchev–Trinajstić information content (AvgIpc) is 2.82. The topological polar surface area (TPSA) is 56.9 Å². The van der Waals surface area contributed by atoms with Crippen molar-refractivity contribution in [1.29, 1.82) is 0 Å². The molecule has 0 radical (unpaired) electrons. The van der Waals surface area contributed by atoms with Crippen LogP contribution in [0, 0.1) is 0 Å². The zero-order valence-electron chi connectivity index (χ0n) is 17.9. The van der Waals surface area contributed by atoms with Crippen molar-refractivity contribution in [3.63, 3.8) is 0 Å². The Morgan fingerprint density at radius 3 is 2.42 bits per heavy atom. The molecule has 1 aliphatic rings. The molecule has 0 bridgehead atoms. The maximum atomic E-state index is 13.7. The third-order valence-corrected chi connectivity index (χ3v) is 6.67. The second kappa shape index (κ2) is 8.14. The molecular formula is C26H27N3O2. The number of pyridine rings is 1. The fourth-order valence-corrected chi connectivity index (χ4v) is 4.98. The van der Waals surface area contributed by atoms with E-state index in [0.29, 0.717) is 17.6 Å². The van der Waals surface area contributed by atoms with Crippen molar-refractivity contribution in [3.05, 3.63) is 86.6 Å². The summed E-state index contributed by atoms with van der Waals surface area (Å²) in [6.07, 6.45) is 6.39. The fourth-order valence-electron chi connectivity index (χ4n) is 4.98. The first-order valence-electron chi connectivity index (χ1n) is 11.2. The minimum absolute atomic E-state index is 0.201. The summed E-state index contributed by atoms with van der Waals surface area (Å²) in [6, 6.07) is 17.6. The number of aromatic nitrogens is 3. The van der Waals surface area contributed by atoms with Gasteiger partial charge >= 0.3 is 0 Å². The molecule has 158 valence electrons. The summed E-state index contributed by atoms with van der Waals surface area (Å²) >= 11 is 0. The Hall–Kier alpha value is -3.21. The molecule has 0 saturated heterocycles. The van der Waals surface area contributed by atoms with E-state index in [2.05, 4.69) is 12.1 Å². The molecule has 5 rings (SSSR count). The lowest BCUT2D eigenvalue weighted by Gasteiger charge is -2.25. The minimum atomic E-state index is -0.218. The van der Waals surface area contributed by atoms with Crippen molar-refractivity contribution in [2.75, 3.05) is 0 Å². The lowest BCUT2D eigenvalue weighted by molar-refractivity contribution is 0.409. The highest BCUT2D eigenvalue weighted by atomic mass is 16.1. The van der Waals surface area contributed by atoms with Crippen LogP contribution in [0.2, 0.25) is 0 Å². The van der Waals surface area contributed by atoms with Gasteiger partial charge in [-0.05, 0) is 37.0 Å². The van der Waals surface area contributed by atoms with Gasteiger partial charge in [0.25, 0.3) is 5.56 Å². The molecule has 2 heterocycles.